The quantitative estimate of drug-likeness (QED) is 0.0177. The van der Waals surface area contributed by atoms with Gasteiger partial charge in [-0.2, -0.15) is 19.2 Å². The van der Waals surface area contributed by atoms with Crippen molar-refractivity contribution in [2.75, 3.05) is 86.2 Å². The van der Waals surface area contributed by atoms with Crippen molar-refractivity contribution in [3.63, 3.8) is 0 Å². The molecule has 0 radical (unpaired) electrons. The summed E-state index contributed by atoms with van der Waals surface area (Å²) in [7, 11) is -11.4. The number of ether oxygens (including phenoxy) is 4. The molecule has 0 unspecified atom stereocenters. The van der Waals surface area contributed by atoms with Crippen LogP contribution in [0.2, 0.25) is 103 Å². The zero-order valence-corrected chi connectivity index (χ0v) is 64.1. The molecule has 6 aromatic heterocycles. The lowest BCUT2D eigenvalue weighted by atomic mass is 9.94. The van der Waals surface area contributed by atoms with E-state index in [1.807, 2.05) is 113 Å². The van der Waals surface area contributed by atoms with Crippen LogP contribution in [0.25, 0.3) is 62.1 Å². The average molecular weight is 1430 g/mol. The van der Waals surface area contributed by atoms with Crippen molar-refractivity contribution in [1.29, 1.82) is 0 Å². The minimum atomic E-state index is -3.12. The summed E-state index contributed by atoms with van der Waals surface area (Å²) in [5.74, 6) is 1.54. The van der Waals surface area contributed by atoms with Crippen molar-refractivity contribution >= 4 is 87.3 Å². The predicted molar refractivity (Wildman–Crippen MR) is 408 cm³/mol. The first-order valence-corrected chi connectivity index (χ1v) is 52.1. The van der Waals surface area contributed by atoms with Crippen LogP contribution in [0.3, 0.4) is 0 Å². The average Bonchev–Trinajstić information content (AvgIpc) is 1.68. The Morgan fingerprint density at radius 1 is 0.474 bits per heavy atom. The largest absolute Gasteiger partial charge is 0.361 e. The molecule has 97 heavy (non-hydrogen) atoms. The molecule has 2 saturated heterocycles. The normalized spacial score (nSPS) is 15.4. The van der Waals surface area contributed by atoms with E-state index in [4.69, 9.17) is 49.1 Å². The molecule has 0 spiro atoms. The molecule has 0 amide bonds. The lowest BCUT2D eigenvalue weighted by Crippen LogP contribution is -2.35. The summed E-state index contributed by atoms with van der Waals surface area (Å²) in [5.41, 5.74) is 11.1. The van der Waals surface area contributed by atoms with Crippen molar-refractivity contribution in [3.05, 3.63) is 139 Å². The summed E-state index contributed by atoms with van der Waals surface area (Å²) < 4.78 is 78.4. The number of hydrogen-bond donors (Lipinski definition) is 0. The standard InChI is InChI=1S/C36H51N5O4SSi2.C35H49N5O5SSi2.CH4/c1-8-31-34(29-16-20-46(42,43)21-17-29)39-35-32(30-14-15-33(37-24-30)28-12-10-9-11-13-28)25-38-41(35)36(31)40(26-44-18-22-47(2,3)4)27-45-19-23-48(5,6)7;1-47(2,3)20-16-44-25-39(26-45-17-21-48(4,5)6)35-31(24-41)33(28-14-18-46(42,43)19-15-28)38-34-30(23-37-40(34)35)29-12-13-32(36-22-29)27-10-8-7-9-11-27;/h8-15,24-25,29H,1,16-23,26-27H2,2-7H3;7-13,22-24,28H,14-21,25-26H2,1-6H3;1H4. The van der Waals surface area contributed by atoms with E-state index in [-0.39, 0.29) is 55.7 Å². The van der Waals surface area contributed by atoms with Gasteiger partial charge in [0.2, 0.25) is 0 Å². The Balaban J connectivity index is 0.000000245. The molecule has 0 atom stereocenters. The number of benzene rings is 2. The van der Waals surface area contributed by atoms with Crippen molar-refractivity contribution < 1.29 is 40.6 Å². The Kier molecular flexibility index (Phi) is 26.1. The number of nitrogens with zero attached hydrogens (tertiary/aromatic N) is 10. The van der Waals surface area contributed by atoms with Gasteiger partial charge in [-0.05, 0) is 62.0 Å². The number of fused-ring (bicyclic) bond motifs is 2. The summed E-state index contributed by atoms with van der Waals surface area (Å²) in [5, 5.41) is 9.68. The molecule has 2 aliphatic heterocycles. The van der Waals surface area contributed by atoms with Gasteiger partial charge in [0.25, 0.3) is 0 Å². The van der Waals surface area contributed by atoms with Crippen LogP contribution in [-0.2, 0) is 38.6 Å². The van der Waals surface area contributed by atoms with E-state index in [1.54, 1.807) is 10.7 Å². The Labute approximate surface area is 580 Å². The molecular formula is C72H104N10O9S2Si4. The van der Waals surface area contributed by atoms with Gasteiger partial charge in [0.05, 0.1) is 63.7 Å². The van der Waals surface area contributed by atoms with E-state index in [1.165, 1.54) is 0 Å². The molecule has 0 saturated carbocycles. The Morgan fingerprint density at radius 2 is 0.804 bits per heavy atom. The van der Waals surface area contributed by atoms with Crippen molar-refractivity contribution in [1.82, 2.24) is 39.2 Å². The van der Waals surface area contributed by atoms with Gasteiger partial charge in [-0.3, -0.25) is 14.8 Å². The number of aromatic nitrogens is 8. The maximum atomic E-state index is 13.0. The van der Waals surface area contributed by atoms with Crippen LogP contribution >= 0.6 is 0 Å². The number of rotatable bonds is 30. The number of sulfone groups is 2. The highest BCUT2D eigenvalue weighted by Gasteiger charge is 2.34. The van der Waals surface area contributed by atoms with Gasteiger partial charge in [-0.1, -0.05) is 171 Å². The van der Waals surface area contributed by atoms with Crippen LogP contribution in [0.1, 0.15) is 72.3 Å². The highest BCUT2D eigenvalue weighted by atomic mass is 32.2. The molecule has 0 bridgehead atoms. The first-order chi connectivity index (χ1) is 45.5. The van der Waals surface area contributed by atoms with Gasteiger partial charge < -0.3 is 28.7 Å². The summed E-state index contributed by atoms with van der Waals surface area (Å²) in [6, 6.07) is 32.3. The highest BCUT2D eigenvalue weighted by molar-refractivity contribution is 7.91. The third kappa shape index (κ3) is 21.3. The van der Waals surface area contributed by atoms with Gasteiger partial charge >= 0.3 is 0 Å². The smallest absolute Gasteiger partial charge is 0.165 e. The molecule has 0 N–H and O–H groups in total. The maximum absolute atomic E-state index is 13.0. The lowest BCUT2D eigenvalue weighted by molar-refractivity contribution is 0.0937. The third-order valence-corrected chi connectivity index (χ3v) is 27.7. The molecule has 0 aliphatic carbocycles. The number of hydrogen-bond acceptors (Lipinski definition) is 17. The van der Waals surface area contributed by atoms with E-state index in [0.717, 1.165) is 92.3 Å². The van der Waals surface area contributed by atoms with Crippen molar-refractivity contribution in [2.24, 2.45) is 0 Å². The Bertz CT molecular complexity index is 3800. The van der Waals surface area contributed by atoms with Gasteiger partial charge in [0, 0.05) is 122 Å². The van der Waals surface area contributed by atoms with Gasteiger partial charge in [0.1, 0.15) is 58.2 Å². The summed E-state index contributed by atoms with van der Waals surface area (Å²) in [6.45, 7) is 35.8. The molecule has 524 valence electrons. The zero-order valence-electron chi connectivity index (χ0n) is 58.5. The molecule has 8 aromatic rings. The van der Waals surface area contributed by atoms with Crippen LogP contribution in [0.4, 0.5) is 11.6 Å². The van der Waals surface area contributed by atoms with Crippen LogP contribution in [-0.4, -0.2) is 171 Å². The highest BCUT2D eigenvalue weighted by Crippen LogP contribution is 2.40. The molecule has 2 aliphatic rings. The van der Waals surface area contributed by atoms with E-state index in [0.29, 0.717) is 93.9 Å². The second-order valence-electron chi connectivity index (χ2n) is 30.3. The van der Waals surface area contributed by atoms with E-state index in [9.17, 15) is 21.6 Å². The predicted octanol–water partition coefficient (Wildman–Crippen LogP) is 15.5. The summed E-state index contributed by atoms with van der Waals surface area (Å²) in [6.07, 6.45) is 11.8. The van der Waals surface area contributed by atoms with Crippen LogP contribution in [0.5, 0.6) is 0 Å². The fraction of sp³-hybridized carbons (Fsp3) is 0.486. The number of carbonyl (C=O) groups excluding carboxylic acids is 1. The SMILES string of the molecule is C.C=Cc1c(C2CCS(=O)(=O)CC2)nc2c(-c3ccc(-c4ccccc4)nc3)cnn2c1N(COCC[Si](C)(C)C)COCC[Si](C)(C)C.C[Si](C)(C)CCOCN(COCC[Si](C)(C)C)c1c(C=O)c(C2CCS(=O)(=O)CC2)nc2c(-c3ccc(-c4ccccc4)nc3)cnn12. The Morgan fingerprint density at radius 3 is 1.10 bits per heavy atom. The van der Waals surface area contributed by atoms with Gasteiger partial charge in [-0.15, -0.1) is 0 Å². The fourth-order valence-corrected chi connectivity index (χ4v) is 17.5. The third-order valence-electron chi connectivity index (χ3n) is 17.4. The van der Waals surface area contributed by atoms with Gasteiger partial charge in [0.15, 0.2) is 17.6 Å². The lowest BCUT2D eigenvalue weighted by Gasteiger charge is -2.30. The molecule has 10 rings (SSSR count). The molecule has 2 fully saturated rings. The molecule has 19 nitrogen and oxygen atoms in total. The second kappa shape index (κ2) is 33.2. The molecule has 25 heteroatoms. The first kappa shape index (κ1) is 76.4. The molecule has 2 aromatic carbocycles. The summed E-state index contributed by atoms with van der Waals surface area (Å²) >= 11 is 0. The van der Waals surface area contributed by atoms with E-state index < -0.39 is 52.0 Å². The minimum Gasteiger partial charge on any atom is -0.361 e. The first-order valence-electron chi connectivity index (χ1n) is 33.7. The topological polar surface area (TPSA) is 215 Å². The summed E-state index contributed by atoms with van der Waals surface area (Å²) in [4.78, 5) is 36.9. The van der Waals surface area contributed by atoms with Crippen molar-refractivity contribution in [3.8, 4) is 44.8 Å². The fourth-order valence-electron chi connectivity index (χ4n) is 11.5. The van der Waals surface area contributed by atoms with E-state index >= 15 is 0 Å². The number of carbonyl (C=O) groups is 1. The van der Waals surface area contributed by atoms with Crippen LogP contribution in [0.15, 0.2) is 116 Å². The zero-order chi connectivity index (χ0) is 69.1. The van der Waals surface area contributed by atoms with Crippen LogP contribution < -0.4 is 9.80 Å². The maximum Gasteiger partial charge on any atom is 0.165 e. The molecule has 8 heterocycles. The van der Waals surface area contributed by atoms with Gasteiger partial charge in [-0.25, -0.2) is 26.8 Å². The second-order valence-corrected chi connectivity index (χ2v) is 57.4. The van der Waals surface area contributed by atoms with E-state index in [2.05, 4.69) is 96.1 Å². The van der Waals surface area contributed by atoms with Crippen molar-refractivity contribution in [2.45, 2.75) is 148 Å². The minimum absolute atomic E-state index is 0. The number of aldehydes is 1. The number of pyridine rings is 2. The monoisotopic (exact) mass is 1430 g/mol. The number of anilines is 2. The van der Waals surface area contributed by atoms with Crippen LogP contribution in [0, 0.1) is 0 Å². The Hall–Kier alpha value is -6.40. The molecular weight excluding hydrogens is 1330 g/mol.